The number of unbranched alkanes of at least 4 members (excludes halogenated alkanes) is 1. The summed E-state index contributed by atoms with van der Waals surface area (Å²) in [4.78, 5) is 10.5. The highest BCUT2D eigenvalue weighted by Crippen LogP contribution is 2.09. The van der Waals surface area contributed by atoms with Crippen LogP contribution in [0.1, 0.15) is 51.9 Å². The van der Waals surface area contributed by atoms with E-state index in [-0.39, 0.29) is 12.8 Å². The highest BCUT2D eigenvalue weighted by molar-refractivity contribution is 5.74. The summed E-state index contributed by atoms with van der Waals surface area (Å²) in [5.41, 5.74) is 0. The van der Waals surface area contributed by atoms with Crippen molar-refractivity contribution in [1.82, 2.24) is 0 Å². The second kappa shape index (κ2) is 16.3. The molecule has 0 unspecified atom stereocenters. The van der Waals surface area contributed by atoms with Crippen molar-refractivity contribution in [1.29, 1.82) is 0 Å². The molecule has 3 N–H and O–H groups in total. The normalized spacial score (nSPS) is 13.7. The van der Waals surface area contributed by atoms with Gasteiger partial charge in [0.05, 0.1) is 0 Å². The van der Waals surface area contributed by atoms with E-state index in [0.29, 0.717) is 0 Å². The summed E-state index contributed by atoms with van der Waals surface area (Å²) in [6.07, 6.45) is 29.3. The lowest BCUT2D eigenvalue weighted by Crippen LogP contribution is -2.37. The first-order valence-electron chi connectivity index (χ1n) is 9.12. The number of carboxylic acids is 1. The molecule has 0 bridgehead atoms. The van der Waals surface area contributed by atoms with Crippen LogP contribution in [-0.2, 0) is 4.79 Å². The van der Waals surface area contributed by atoms with Gasteiger partial charge >= 0.3 is 5.97 Å². The minimum atomic E-state index is -2.65. The molecule has 0 aliphatic rings. The van der Waals surface area contributed by atoms with E-state index in [2.05, 4.69) is 55.5 Å². The van der Waals surface area contributed by atoms with Crippen molar-refractivity contribution in [3.05, 3.63) is 72.9 Å². The monoisotopic (exact) mass is 360 g/mol. The van der Waals surface area contributed by atoms with E-state index in [1.165, 1.54) is 0 Å². The van der Waals surface area contributed by atoms with E-state index in [0.717, 1.165) is 32.1 Å². The van der Waals surface area contributed by atoms with Crippen LogP contribution >= 0.6 is 0 Å². The average molecular weight is 360 g/mol. The molecular weight excluding hydrogens is 328 g/mol. The van der Waals surface area contributed by atoms with Crippen molar-refractivity contribution in [3.8, 4) is 0 Å². The number of allylic oxidation sites excluding steroid dienone is 12. The maximum Gasteiger partial charge on any atom is 0.364 e. The summed E-state index contributed by atoms with van der Waals surface area (Å²) in [7, 11) is 0. The highest BCUT2D eigenvalue weighted by atomic mass is 16.5. The lowest BCUT2D eigenvalue weighted by molar-refractivity contribution is -0.205. The van der Waals surface area contributed by atoms with Gasteiger partial charge in [-0.1, -0.05) is 79.8 Å². The van der Waals surface area contributed by atoms with Crippen LogP contribution in [0.15, 0.2) is 72.9 Å². The number of hydrogen-bond donors (Lipinski definition) is 3. The van der Waals surface area contributed by atoms with Crippen LogP contribution in [-0.4, -0.2) is 27.1 Å². The van der Waals surface area contributed by atoms with Crippen molar-refractivity contribution < 1.29 is 20.1 Å². The Kier molecular flexibility index (Phi) is 14.9. The van der Waals surface area contributed by atoms with Gasteiger partial charge in [-0.25, -0.2) is 4.79 Å². The summed E-state index contributed by atoms with van der Waals surface area (Å²) in [6, 6.07) is 0. The zero-order chi connectivity index (χ0) is 19.5. The molecule has 26 heavy (non-hydrogen) atoms. The Hall–Kier alpha value is -2.17. The topological polar surface area (TPSA) is 77.8 Å². The van der Waals surface area contributed by atoms with Gasteiger partial charge in [-0.2, -0.15) is 0 Å². The summed E-state index contributed by atoms with van der Waals surface area (Å²) in [5, 5.41) is 26.7. The third kappa shape index (κ3) is 15.4. The zero-order valence-electron chi connectivity index (χ0n) is 15.6. The van der Waals surface area contributed by atoms with Crippen molar-refractivity contribution in [2.24, 2.45) is 0 Å². The molecule has 144 valence electrons. The number of aliphatic carboxylic acids is 1. The molecule has 0 radical (unpaired) electrons. The molecule has 0 atom stereocenters. The Balaban J connectivity index is 3.71. The molecule has 0 spiro atoms. The molecule has 0 aliphatic heterocycles. The Morgan fingerprint density at radius 2 is 1.23 bits per heavy atom. The molecule has 0 rings (SSSR count). The zero-order valence-corrected chi connectivity index (χ0v) is 15.6. The van der Waals surface area contributed by atoms with Gasteiger partial charge in [0.15, 0.2) is 0 Å². The van der Waals surface area contributed by atoms with Gasteiger partial charge < -0.3 is 15.3 Å². The Bertz CT molecular complexity index is 534. The standard InChI is InChI=1S/C22H32O4/c1-2-3-4-5-6-7-8-9-10-11-12-13-14-15-16-17-18-19-20-22(25,26)21(23)24/h3-4,7-10,12-13,15-18,25-26H,2,5-6,11,14,19-20H2,1H3,(H,23,24)/b4-3-,8-7+,10-9-,13-12-,16-15-,18-17+. The Morgan fingerprint density at radius 3 is 1.77 bits per heavy atom. The van der Waals surface area contributed by atoms with Gasteiger partial charge in [-0.15, -0.1) is 0 Å². The Morgan fingerprint density at radius 1 is 0.731 bits per heavy atom. The quantitative estimate of drug-likeness (QED) is 0.179. The fourth-order valence-electron chi connectivity index (χ4n) is 1.88. The molecule has 0 saturated heterocycles. The Labute approximate surface area is 157 Å². The first-order chi connectivity index (χ1) is 12.5. The van der Waals surface area contributed by atoms with Crippen LogP contribution in [0.2, 0.25) is 0 Å². The summed E-state index contributed by atoms with van der Waals surface area (Å²) >= 11 is 0. The number of aliphatic hydroxyl groups is 2. The highest BCUT2D eigenvalue weighted by Gasteiger charge is 2.31. The van der Waals surface area contributed by atoms with Crippen molar-refractivity contribution in [3.63, 3.8) is 0 Å². The van der Waals surface area contributed by atoms with Gasteiger partial charge in [-0.05, 0) is 38.5 Å². The van der Waals surface area contributed by atoms with E-state index in [1.807, 2.05) is 12.2 Å². The van der Waals surface area contributed by atoms with Crippen LogP contribution < -0.4 is 0 Å². The molecule has 0 amide bonds. The predicted molar refractivity (Wildman–Crippen MR) is 108 cm³/mol. The van der Waals surface area contributed by atoms with Crippen LogP contribution in [0.5, 0.6) is 0 Å². The van der Waals surface area contributed by atoms with E-state index in [1.54, 1.807) is 12.2 Å². The maximum absolute atomic E-state index is 10.5. The SMILES string of the molecule is CC/C=C\CC/C=C/C=C\C/C=C\C/C=C\C=C\CCC(O)(O)C(=O)O. The minimum Gasteiger partial charge on any atom is -0.477 e. The van der Waals surface area contributed by atoms with Gasteiger partial charge in [0.1, 0.15) is 0 Å². The fraction of sp³-hybridized carbons (Fsp3) is 0.409. The largest absolute Gasteiger partial charge is 0.477 e. The molecule has 0 aromatic carbocycles. The number of carboxylic acid groups (broad SMARTS) is 1. The third-order valence-corrected chi connectivity index (χ3v) is 3.38. The molecule has 0 aliphatic carbocycles. The fourth-order valence-corrected chi connectivity index (χ4v) is 1.88. The number of carbonyl (C=O) groups is 1. The van der Waals surface area contributed by atoms with Crippen LogP contribution in [0.4, 0.5) is 0 Å². The van der Waals surface area contributed by atoms with E-state index in [4.69, 9.17) is 15.3 Å². The molecule has 4 heteroatoms. The number of rotatable bonds is 14. The van der Waals surface area contributed by atoms with Gasteiger partial charge in [-0.3, -0.25) is 0 Å². The smallest absolute Gasteiger partial charge is 0.364 e. The first-order valence-corrected chi connectivity index (χ1v) is 9.12. The second-order valence-electron chi connectivity index (χ2n) is 5.77. The molecule has 0 heterocycles. The molecule has 0 fully saturated rings. The summed E-state index contributed by atoms with van der Waals surface area (Å²) in [6.45, 7) is 2.14. The average Bonchev–Trinajstić information content (AvgIpc) is 2.60. The predicted octanol–water partition coefficient (Wildman–Crippen LogP) is 4.84. The maximum atomic E-state index is 10.5. The molecular formula is C22H32O4. The van der Waals surface area contributed by atoms with Crippen LogP contribution in [0.3, 0.4) is 0 Å². The van der Waals surface area contributed by atoms with E-state index >= 15 is 0 Å². The molecule has 0 saturated carbocycles. The minimum absolute atomic E-state index is 0.233. The van der Waals surface area contributed by atoms with E-state index < -0.39 is 11.8 Å². The summed E-state index contributed by atoms with van der Waals surface area (Å²) in [5.74, 6) is -4.27. The first kappa shape index (κ1) is 23.8. The van der Waals surface area contributed by atoms with Crippen LogP contribution in [0, 0.1) is 0 Å². The van der Waals surface area contributed by atoms with Crippen molar-refractivity contribution in [2.75, 3.05) is 0 Å². The number of hydrogen-bond acceptors (Lipinski definition) is 3. The summed E-state index contributed by atoms with van der Waals surface area (Å²) < 4.78 is 0. The van der Waals surface area contributed by atoms with Crippen molar-refractivity contribution >= 4 is 5.97 Å². The molecule has 0 aromatic heterocycles. The van der Waals surface area contributed by atoms with E-state index in [9.17, 15) is 4.79 Å². The van der Waals surface area contributed by atoms with Crippen molar-refractivity contribution in [2.45, 2.75) is 57.7 Å². The lowest BCUT2D eigenvalue weighted by Gasteiger charge is -2.14. The van der Waals surface area contributed by atoms with Crippen LogP contribution in [0.25, 0.3) is 0 Å². The third-order valence-electron chi connectivity index (χ3n) is 3.38. The van der Waals surface area contributed by atoms with Gasteiger partial charge in [0.2, 0.25) is 0 Å². The van der Waals surface area contributed by atoms with Gasteiger partial charge in [0, 0.05) is 6.42 Å². The van der Waals surface area contributed by atoms with Gasteiger partial charge in [0.25, 0.3) is 5.79 Å². The second-order valence-corrected chi connectivity index (χ2v) is 5.77. The lowest BCUT2D eigenvalue weighted by atomic mass is 10.1. The molecule has 4 nitrogen and oxygen atoms in total. The molecule has 0 aromatic rings.